The molecule has 2 rings (SSSR count). The molecule has 0 aliphatic heterocycles. The van der Waals surface area contributed by atoms with Gasteiger partial charge >= 0.3 is 0 Å². The Hall–Kier alpha value is -0.370. The van der Waals surface area contributed by atoms with E-state index in [0.717, 1.165) is 0 Å². The van der Waals surface area contributed by atoms with Crippen LogP contribution in [0.2, 0.25) is 0 Å². The number of hydrogen-bond acceptors (Lipinski definition) is 0. The van der Waals surface area contributed by atoms with Crippen LogP contribution in [0.3, 0.4) is 0 Å². The second-order valence-electron chi connectivity index (χ2n) is 4.75. The van der Waals surface area contributed by atoms with Gasteiger partial charge in [-0.1, -0.05) is 41.9 Å². The molecule has 0 spiro atoms. The van der Waals surface area contributed by atoms with Gasteiger partial charge < -0.3 is 0 Å². The van der Waals surface area contributed by atoms with Gasteiger partial charge in [0.2, 0.25) is 0 Å². The molecule has 0 nitrogen and oxygen atoms in total. The van der Waals surface area contributed by atoms with Crippen LogP contribution in [-0.4, -0.2) is 0 Å². The molecule has 1 aromatic rings. The predicted octanol–water partition coefficient (Wildman–Crippen LogP) is 4.31. The highest BCUT2D eigenvalue weighted by atomic mass is 79.9. The van der Waals surface area contributed by atoms with Crippen LogP contribution < -0.4 is 0 Å². The highest BCUT2D eigenvalue weighted by Crippen LogP contribution is 2.60. The molecule has 0 saturated heterocycles. The number of hydrogen-bond donors (Lipinski definition) is 0. The Morgan fingerprint density at radius 3 is 2.29 bits per heavy atom. The molecule has 1 aliphatic carbocycles. The molecule has 0 amide bonds. The summed E-state index contributed by atoms with van der Waals surface area (Å²) in [7, 11) is 0. The first kappa shape index (κ1) is 10.2. The zero-order valence-corrected chi connectivity index (χ0v) is 10.0. The van der Waals surface area contributed by atoms with E-state index in [9.17, 15) is 4.39 Å². The Morgan fingerprint density at radius 2 is 1.86 bits per heavy atom. The smallest absolute Gasteiger partial charge is 0.123 e. The van der Waals surface area contributed by atoms with Crippen molar-refractivity contribution in [2.45, 2.75) is 25.1 Å². The molecule has 1 aliphatic rings. The second kappa shape index (κ2) is 3.34. The normalized spacial score (nSPS) is 25.9. The van der Waals surface area contributed by atoms with Crippen molar-refractivity contribution in [3.05, 3.63) is 35.6 Å². The lowest BCUT2D eigenvalue weighted by Crippen LogP contribution is -1.98. The number of rotatable bonds is 2. The monoisotopic (exact) mass is 256 g/mol. The van der Waals surface area contributed by atoms with Gasteiger partial charge in [-0.2, -0.15) is 0 Å². The second-order valence-corrected chi connectivity index (χ2v) is 5.74. The maximum absolute atomic E-state index is 12.7. The number of halogens is 2. The van der Waals surface area contributed by atoms with Crippen molar-refractivity contribution in [3.63, 3.8) is 0 Å². The summed E-state index contributed by atoms with van der Waals surface area (Å²) >= 11 is 3.69. The van der Waals surface area contributed by atoms with Crippen molar-refractivity contribution >= 4 is 15.9 Å². The fourth-order valence-corrected chi connectivity index (χ4v) is 3.09. The quantitative estimate of drug-likeness (QED) is 0.692. The molecule has 1 saturated carbocycles. The van der Waals surface area contributed by atoms with Crippen LogP contribution >= 0.6 is 15.9 Å². The molecule has 2 unspecified atom stereocenters. The lowest BCUT2D eigenvalue weighted by molar-refractivity contribution is 0.554. The Kier molecular flexibility index (Phi) is 2.42. The molecule has 1 fully saturated rings. The minimum absolute atomic E-state index is 0.163. The van der Waals surface area contributed by atoms with E-state index in [0.29, 0.717) is 16.2 Å². The van der Waals surface area contributed by atoms with E-state index in [4.69, 9.17) is 0 Å². The standard InChI is InChI=1S/C12H14BrF/c1-12(2)7-10(12)11(13)8-3-5-9(14)6-4-8/h3-6,10-11H,7H2,1-2H3. The molecule has 14 heavy (non-hydrogen) atoms. The zero-order chi connectivity index (χ0) is 10.3. The first-order chi connectivity index (χ1) is 6.50. The largest absolute Gasteiger partial charge is 0.207 e. The van der Waals surface area contributed by atoms with Gasteiger partial charge in [-0.3, -0.25) is 0 Å². The summed E-state index contributed by atoms with van der Waals surface area (Å²) < 4.78 is 12.7. The van der Waals surface area contributed by atoms with Gasteiger partial charge in [-0.05, 0) is 35.4 Å². The van der Waals surface area contributed by atoms with E-state index >= 15 is 0 Å². The Balaban J connectivity index is 2.13. The van der Waals surface area contributed by atoms with Gasteiger partial charge in [0.25, 0.3) is 0 Å². The number of benzene rings is 1. The third-order valence-electron chi connectivity index (χ3n) is 3.13. The molecule has 0 bridgehead atoms. The molecular formula is C12H14BrF. The highest BCUT2D eigenvalue weighted by Gasteiger charge is 2.49. The first-order valence-electron chi connectivity index (χ1n) is 4.90. The van der Waals surface area contributed by atoms with E-state index < -0.39 is 0 Å². The minimum atomic E-state index is -0.163. The third kappa shape index (κ3) is 1.85. The highest BCUT2D eigenvalue weighted by molar-refractivity contribution is 9.09. The van der Waals surface area contributed by atoms with Crippen LogP contribution in [0.25, 0.3) is 0 Å². The van der Waals surface area contributed by atoms with Crippen molar-refractivity contribution < 1.29 is 4.39 Å². The molecular weight excluding hydrogens is 243 g/mol. The van der Waals surface area contributed by atoms with Gasteiger partial charge in [-0.15, -0.1) is 0 Å². The van der Waals surface area contributed by atoms with E-state index in [1.807, 2.05) is 12.1 Å². The maximum atomic E-state index is 12.7. The average molecular weight is 257 g/mol. The van der Waals surface area contributed by atoms with E-state index in [1.54, 1.807) is 0 Å². The first-order valence-corrected chi connectivity index (χ1v) is 5.82. The topological polar surface area (TPSA) is 0 Å². The Labute approximate surface area is 92.6 Å². The van der Waals surface area contributed by atoms with Crippen LogP contribution in [0.5, 0.6) is 0 Å². The van der Waals surface area contributed by atoms with Gasteiger partial charge in [0, 0.05) is 4.83 Å². The van der Waals surface area contributed by atoms with E-state index in [2.05, 4.69) is 29.8 Å². The summed E-state index contributed by atoms with van der Waals surface area (Å²) in [4.78, 5) is 0.373. The molecule has 0 radical (unpaired) electrons. The average Bonchev–Trinajstić information content (AvgIpc) is 2.75. The van der Waals surface area contributed by atoms with Gasteiger partial charge in [0.1, 0.15) is 5.82 Å². The van der Waals surface area contributed by atoms with Crippen molar-refractivity contribution in [2.24, 2.45) is 11.3 Å². The fourth-order valence-electron chi connectivity index (χ4n) is 1.89. The predicted molar refractivity (Wildman–Crippen MR) is 60.0 cm³/mol. The maximum Gasteiger partial charge on any atom is 0.123 e. The van der Waals surface area contributed by atoms with Gasteiger partial charge in [0.05, 0.1) is 0 Å². The van der Waals surface area contributed by atoms with Crippen LogP contribution in [0, 0.1) is 17.2 Å². The molecule has 76 valence electrons. The Morgan fingerprint density at radius 1 is 1.36 bits per heavy atom. The number of alkyl halides is 1. The summed E-state index contributed by atoms with van der Waals surface area (Å²) in [5, 5.41) is 0. The summed E-state index contributed by atoms with van der Waals surface area (Å²) in [5.41, 5.74) is 1.63. The van der Waals surface area contributed by atoms with Crippen molar-refractivity contribution in [2.75, 3.05) is 0 Å². The summed E-state index contributed by atoms with van der Waals surface area (Å²) in [5.74, 6) is 0.525. The van der Waals surface area contributed by atoms with Gasteiger partial charge in [-0.25, -0.2) is 4.39 Å². The lowest BCUT2D eigenvalue weighted by atomic mass is 10.0. The summed E-state index contributed by atoms with van der Waals surface area (Å²) in [6.45, 7) is 4.55. The fraction of sp³-hybridized carbons (Fsp3) is 0.500. The van der Waals surface area contributed by atoms with E-state index in [-0.39, 0.29) is 5.82 Å². The van der Waals surface area contributed by atoms with Crippen molar-refractivity contribution in [1.29, 1.82) is 0 Å². The van der Waals surface area contributed by atoms with Gasteiger partial charge in [0.15, 0.2) is 0 Å². The molecule has 2 heteroatoms. The molecule has 0 aromatic heterocycles. The SMILES string of the molecule is CC1(C)CC1C(Br)c1ccc(F)cc1. The lowest BCUT2D eigenvalue weighted by Gasteiger charge is -2.11. The third-order valence-corrected chi connectivity index (χ3v) is 4.30. The van der Waals surface area contributed by atoms with Crippen LogP contribution in [0.4, 0.5) is 4.39 Å². The van der Waals surface area contributed by atoms with E-state index in [1.165, 1.54) is 24.1 Å². The zero-order valence-electron chi connectivity index (χ0n) is 8.43. The summed E-state index contributed by atoms with van der Waals surface area (Å²) in [6.07, 6.45) is 1.25. The van der Waals surface area contributed by atoms with Crippen LogP contribution in [0.15, 0.2) is 24.3 Å². The molecule has 1 aromatic carbocycles. The minimum Gasteiger partial charge on any atom is -0.207 e. The van der Waals surface area contributed by atoms with Crippen molar-refractivity contribution in [1.82, 2.24) is 0 Å². The van der Waals surface area contributed by atoms with Crippen LogP contribution in [0.1, 0.15) is 30.7 Å². The molecule has 2 atom stereocenters. The molecule has 0 heterocycles. The van der Waals surface area contributed by atoms with Crippen molar-refractivity contribution in [3.8, 4) is 0 Å². The summed E-state index contributed by atoms with van der Waals surface area (Å²) in [6, 6.07) is 6.78. The van der Waals surface area contributed by atoms with Crippen LogP contribution in [-0.2, 0) is 0 Å². The Bertz CT molecular complexity index is 329. The molecule has 0 N–H and O–H groups in total.